The molecule has 0 spiro atoms. The van der Waals surface area contributed by atoms with Gasteiger partial charge in [0.2, 0.25) is 5.91 Å². The zero-order valence-electron chi connectivity index (χ0n) is 16.9. The van der Waals surface area contributed by atoms with Gasteiger partial charge in [0.1, 0.15) is 5.75 Å². The monoisotopic (exact) mass is 395 g/mol. The lowest BCUT2D eigenvalue weighted by Gasteiger charge is -2.35. The largest absolute Gasteiger partial charge is 0.497 e. The number of hydrogen-bond acceptors (Lipinski definition) is 7. The van der Waals surface area contributed by atoms with E-state index in [0.29, 0.717) is 5.65 Å². The third-order valence-corrected chi connectivity index (χ3v) is 5.75. The first kappa shape index (κ1) is 19.1. The first-order valence-corrected chi connectivity index (χ1v) is 9.78. The van der Waals surface area contributed by atoms with Crippen molar-refractivity contribution in [3.05, 3.63) is 42.0 Å². The highest BCUT2D eigenvalue weighted by atomic mass is 16.5. The normalized spacial score (nSPS) is 16.0. The van der Waals surface area contributed by atoms with Gasteiger partial charge in [-0.05, 0) is 60.0 Å². The average Bonchev–Trinajstić information content (AvgIpc) is 3.25. The maximum Gasteiger partial charge on any atom is 0.226 e. The molecule has 4 rings (SSSR count). The van der Waals surface area contributed by atoms with E-state index in [1.54, 1.807) is 7.11 Å². The number of amides is 1. The van der Waals surface area contributed by atoms with E-state index >= 15 is 0 Å². The van der Waals surface area contributed by atoms with Gasteiger partial charge in [0.15, 0.2) is 11.5 Å². The Morgan fingerprint density at radius 3 is 2.59 bits per heavy atom. The molecule has 152 valence electrons. The summed E-state index contributed by atoms with van der Waals surface area (Å²) in [4.78, 5) is 17.1. The minimum atomic E-state index is 0.00956. The van der Waals surface area contributed by atoms with Crippen molar-refractivity contribution in [1.29, 1.82) is 0 Å². The van der Waals surface area contributed by atoms with Gasteiger partial charge >= 0.3 is 0 Å². The van der Waals surface area contributed by atoms with Crippen molar-refractivity contribution in [3.63, 3.8) is 0 Å². The van der Waals surface area contributed by atoms with Gasteiger partial charge in [-0.3, -0.25) is 4.79 Å². The van der Waals surface area contributed by atoms with E-state index in [-0.39, 0.29) is 17.9 Å². The Labute approximate surface area is 169 Å². The van der Waals surface area contributed by atoms with Gasteiger partial charge in [-0.2, -0.15) is 0 Å². The van der Waals surface area contributed by atoms with Crippen molar-refractivity contribution in [3.8, 4) is 5.75 Å². The maximum atomic E-state index is 13.1. The predicted molar refractivity (Wildman–Crippen MR) is 108 cm³/mol. The summed E-state index contributed by atoms with van der Waals surface area (Å²) in [6.07, 6.45) is 1.60. The highest BCUT2D eigenvalue weighted by Crippen LogP contribution is 2.27. The van der Waals surface area contributed by atoms with Crippen LogP contribution in [-0.2, 0) is 4.79 Å². The number of tetrazole rings is 1. The second kappa shape index (κ2) is 8.02. The van der Waals surface area contributed by atoms with E-state index in [1.165, 1.54) is 4.63 Å². The van der Waals surface area contributed by atoms with Crippen LogP contribution in [-0.4, -0.2) is 63.3 Å². The molecule has 1 fully saturated rings. The van der Waals surface area contributed by atoms with E-state index in [4.69, 9.17) is 4.74 Å². The van der Waals surface area contributed by atoms with Crippen molar-refractivity contribution < 1.29 is 9.53 Å². The molecule has 9 heteroatoms. The molecule has 29 heavy (non-hydrogen) atoms. The lowest BCUT2D eigenvalue weighted by Crippen LogP contribution is -2.42. The summed E-state index contributed by atoms with van der Waals surface area (Å²) >= 11 is 0. The number of carbonyl (C=O) groups excluding carboxylic acids is 1. The molecule has 1 saturated heterocycles. The van der Waals surface area contributed by atoms with Crippen LogP contribution >= 0.6 is 0 Å². The summed E-state index contributed by atoms with van der Waals surface area (Å²) in [7, 11) is 3.54. The van der Waals surface area contributed by atoms with Gasteiger partial charge < -0.3 is 14.5 Å². The summed E-state index contributed by atoms with van der Waals surface area (Å²) < 4.78 is 6.64. The molecule has 0 saturated carbocycles. The van der Waals surface area contributed by atoms with Gasteiger partial charge in [0.05, 0.1) is 13.2 Å². The lowest BCUT2D eigenvalue weighted by molar-refractivity contribution is -0.136. The third kappa shape index (κ3) is 3.85. The lowest BCUT2D eigenvalue weighted by atomic mass is 9.94. The molecule has 9 nitrogen and oxygen atoms in total. The van der Waals surface area contributed by atoms with Gasteiger partial charge in [0, 0.05) is 26.1 Å². The molecule has 2 aromatic heterocycles. The van der Waals surface area contributed by atoms with E-state index in [9.17, 15) is 4.79 Å². The van der Waals surface area contributed by atoms with Crippen molar-refractivity contribution in [1.82, 2.24) is 30.2 Å². The van der Waals surface area contributed by atoms with Crippen molar-refractivity contribution in [2.75, 3.05) is 32.1 Å². The topological polar surface area (TPSA) is 88.8 Å². The number of piperidine rings is 1. The highest BCUT2D eigenvalue weighted by molar-refractivity contribution is 5.79. The predicted octanol–water partition coefficient (Wildman–Crippen LogP) is 1.96. The minimum Gasteiger partial charge on any atom is -0.497 e. The van der Waals surface area contributed by atoms with E-state index in [2.05, 4.69) is 32.4 Å². The molecule has 0 bridgehead atoms. The maximum absolute atomic E-state index is 13.1. The molecule has 1 aromatic carbocycles. The van der Waals surface area contributed by atoms with Gasteiger partial charge in [-0.1, -0.05) is 12.1 Å². The Balaban J connectivity index is 1.37. The number of methoxy groups -OCH3 is 1. The van der Waals surface area contributed by atoms with E-state index in [0.717, 1.165) is 43.1 Å². The fourth-order valence-electron chi connectivity index (χ4n) is 3.75. The van der Waals surface area contributed by atoms with Gasteiger partial charge in [-0.15, -0.1) is 14.8 Å². The number of carbonyl (C=O) groups is 1. The summed E-state index contributed by atoms with van der Waals surface area (Å²) in [6, 6.07) is 11.7. The number of hydrogen-bond donors (Lipinski definition) is 0. The van der Waals surface area contributed by atoms with Crippen LogP contribution in [0, 0.1) is 5.92 Å². The van der Waals surface area contributed by atoms with Crippen LogP contribution in [0.5, 0.6) is 5.75 Å². The quantitative estimate of drug-likeness (QED) is 0.652. The fraction of sp³-hybridized carbons (Fsp3) is 0.450. The van der Waals surface area contributed by atoms with Crippen molar-refractivity contribution in [2.45, 2.75) is 25.8 Å². The second-order valence-electron chi connectivity index (χ2n) is 7.38. The van der Waals surface area contributed by atoms with Crippen LogP contribution in [0.3, 0.4) is 0 Å². The Morgan fingerprint density at radius 2 is 1.90 bits per heavy atom. The molecule has 3 heterocycles. The molecule has 1 aliphatic heterocycles. The molecule has 0 N–H and O–H groups in total. The van der Waals surface area contributed by atoms with Crippen LogP contribution in [0.4, 0.5) is 5.82 Å². The number of aromatic nitrogens is 5. The summed E-state index contributed by atoms with van der Waals surface area (Å²) in [5.74, 6) is 1.86. The summed E-state index contributed by atoms with van der Waals surface area (Å²) in [6.45, 7) is 3.61. The Kier molecular flexibility index (Phi) is 5.28. The molecule has 3 aromatic rings. The highest BCUT2D eigenvalue weighted by Gasteiger charge is 2.30. The third-order valence-electron chi connectivity index (χ3n) is 5.75. The van der Waals surface area contributed by atoms with Crippen molar-refractivity contribution in [2.24, 2.45) is 5.92 Å². The Bertz CT molecular complexity index is 980. The number of benzene rings is 1. The standard InChI is InChI=1S/C20H25N7O2/c1-14(15-4-6-17(29-3)7-5-15)25(2)20(28)16-10-12-26(13-11-16)19-9-8-18-21-23-24-27(18)22-19/h4-9,14,16H,10-13H2,1-3H3/t14-/m0/s1. The second-order valence-corrected chi connectivity index (χ2v) is 7.38. The van der Waals surface area contributed by atoms with Crippen LogP contribution in [0.1, 0.15) is 31.4 Å². The molecule has 0 aliphatic carbocycles. The van der Waals surface area contributed by atoms with E-state index in [1.807, 2.05) is 48.3 Å². The minimum absolute atomic E-state index is 0.00956. The molecule has 0 radical (unpaired) electrons. The first-order chi connectivity index (χ1) is 14.1. The Hall–Kier alpha value is -3.23. The summed E-state index contributed by atoms with van der Waals surface area (Å²) in [5.41, 5.74) is 1.71. The fourth-order valence-corrected chi connectivity index (χ4v) is 3.75. The van der Waals surface area contributed by atoms with Crippen LogP contribution in [0.25, 0.3) is 5.65 Å². The molecule has 1 amide bonds. The summed E-state index contributed by atoms with van der Waals surface area (Å²) in [5, 5.41) is 15.8. The number of rotatable bonds is 5. The van der Waals surface area contributed by atoms with Crippen LogP contribution in [0.15, 0.2) is 36.4 Å². The van der Waals surface area contributed by atoms with E-state index < -0.39 is 0 Å². The Morgan fingerprint density at radius 1 is 1.17 bits per heavy atom. The average molecular weight is 395 g/mol. The number of fused-ring (bicyclic) bond motifs is 1. The first-order valence-electron chi connectivity index (χ1n) is 9.78. The molecular formula is C20H25N7O2. The van der Waals surface area contributed by atoms with Gasteiger partial charge in [-0.25, -0.2) is 0 Å². The number of ether oxygens (including phenoxy) is 1. The smallest absolute Gasteiger partial charge is 0.226 e. The van der Waals surface area contributed by atoms with Crippen LogP contribution < -0.4 is 9.64 Å². The SMILES string of the molecule is COc1ccc([C@H](C)N(C)C(=O)C2CCN(c3ccc4nnnn4n3)CC2)cc1. The molecule has 1 aliphatic rings. The molecule has 0 unspecified atom stereocenters. The zero-order valence-corrected chi connectivity index (χ0v) is 16.9. The number of nitrogens with zero attached hydrogens (tertiary/aromatic N) is 7. The van der Waals surface area contributed by atoms with Crippen molar-refractivity contribution >= 4 is 17.4 Å². The number of anilines is 1. The molecule has 1 atom stereocenters. The van der Waals surface area contributed by atoms with Gasteiger partial charge in [0.25, 0.3) is 0 Å². The zero-order chi connectivity index (χ0) is 20.4. The molecular weight excluding hydrogens is 370 g/mol. The van der Waals surface area contributed by atoms with Crippen LogP contribution in [0.2, 0.25) is 0 Å².